The molecule has 0 aliphatic rings. The van der Waals surface area contributed by atoms with Crippen LogP contribution in [0.25, 0.3) is 117 Å². The van der Waals surface area contributed by atoms with Gasteiger partial charge in [0.2, 0.25) is 0 Å². The Hall–Kier alpha value is -8.41. The predicted octanol–water partition coefficient (Wildman–Crippen LogP) is 14.9. The van der Waals surface area contributed by atoms with Crippen LogP contribution < -0.4 is 0 Å². The zero-order valence-corrected chi connectivity index (χ0v) is 33.5. The zero-order valence-electron chi connectivity index (χ0n) is 33.5. The Morgan fingerprint density at radius 2 is 0.806 bits per heavy atom. The topological polar surface area (TPSA) is 56.7 Å². The van der Waals surface area contributed by atoms with Crippen molar-refractivity contribution in [3.63, 3.8) is 0 Å². The molecular weight excluding hydrogens is 757 g/mol. The third-order valence-electron chi connectivity index (χ3n) is 11.9. The Morgan fingerprint density at radius 3 is 1.55 bits per heavy atom. The van der Waals surface area contributed by atoms with E-state index in [2.05, 4.69) is 174 Å². The number of para-hydroxylation sites is 1. The quantitative estimate of drug-likeness (QED) is 0.161. The summed E-state index contributed by atoms with van der Waals surface area (Å²) in [5, 5.41) is 4.38. The van der Waals surface area contributed by atoms with E-state index in [-0.39, 0.29) is 0 Å². The van der Waals surface area contributed by atoms with Crippen LogP contribution in [0, 0.1) is 0 Å². The van der Waals surface area contributed by atoms with Crippen molar-refractivity contribution in [3.8, 4) is 73.2 Å². The SMILES string of the molecule is c1ccc(-c2ccc(-c3nc(-c4ccccc4)nc(-c4cccc5oc6ccc(-c7ccc8c(c7)c7ccccc7n8-c7cccc(-c8ccccc8)c7)cc6c45)n3)cc2)cc1. The van der Waals surface area contributed by atoms with Gasteiger partial charge in [0.05, 0.1) is 11.0 Å². The first-order chi connectivity index (χ1) is 30.7. The van der Waals surface area contributed by atoms with Crippen LogP contribution in [0.2, 0.25) is 0 Å². The Balaban J connectivity index is 0.987. The number of aromatic nitrogens is 4. The fourth-order valence-corrected chi connectivity index (χ4v) is 8.86. The van der Waals surface area contributed by atoms with Gasteiger partial charge in [-0.15, -0.1) is 0 Å². The van der Waals surface area contributed by atoms with Crippen molar-refractivity contribution in [1.82, 2.24) is 19.5 Å². The minimum absolute atomic E-state index is 0.588. The Labute approximate surface area is 357 Å². The molecule has 0 saturated carbocycles. The van der Waals surface area contributed by atoms with Gasteiger partial charge in [0, 0.05) is 43.9 Å². The molecule has 0 fully saturated rings. The van der Waals surface area contributed by atoms with Gasteiger partial charge < -0.3 is 8.98 Å². The van der Waals surface area contributed by atoms with Gasteiger partial charge in [0.25, 0.3) is 0 Å². The lowest BCUT2D eigenvalue weighted by molar-refractivity contribution is 0.669. The molecule has 62 heavy (non-hydrogen) atoms. The van der Waals surface area contributed by atoms with E-state index < -0.39 is 0 Å². The van der Waals surface area contributed by atoms with Crippen LogP contribution in [0.15, 0.2) is 223 Å². The highest BCUT2D eigenvalue weighted by atomic mass is 16.3. The molecule has 3 aromatic heterocycles. The minimum Gasteiger partial charge on any atom is -0.456 e. The van der Waals surface area contributed by atoms with Crippen molar-refractivity contribution in [3.05, 3.63) is 218 Å². The summed E-state index contributed by atoms with van der Waals surface area (Å²) in [6.07, 6.45) is 0. The molecule has 0 aliphatic carbocycles. The average Bonchev–Trinajstić information content (AvgIpc) is 3.90. The summed E-state index contributed by atoms with van der Waals surface area (Å²) in [4.78, 5) is 15.3. The van der Waals surface area contributed by atoms with Crippen molar-refractivity contribution in [1.29, 1.82) is 0 Å². The van der Waals surface area contributed by atoms with E-state index in [1.165, 1.54) is 27.4 Å². The molecule has 290 valence electrons. The molecule has 0 N–H and O–H groups in total. The summed E-state index contributed by atoms with van der Waals surface area (Å²) in [5.74, 6) is 1.81. The number of hydrogen-bond acceptors (Lipinski definition) is 4. The molecule has 0 amide bonds. The fourth-order valence-electron chi connectivity index (χ4n) is 8.86. The lowest BCUT2D eigenvalue weighted by Crippen LogP contribution is -2.00. The summed E-state index contributed by atoms with van der Waals surface area (Å²) in [5.41, 5.74) is 14.7. The Bertz CT molecular complexity index is 3610. The number of furan rings is 1. The Morgan fingerprint density at radius 1 is 0.306 bits per heavy atom. The zero-order chi connectivity index (χ0) is 41.0. The van der Waals surface area contributed by atoms with Gasteiger partial charge in [-0.05, 0) is 81.9 Å². The van der Waals surface area contributed by atoms with Crippen molar-refractivity contribution < 1.29 is 4.42 Å². The van der Waals surface area contributed by atoms with Gasteiger partial charge in [0.15, 0.2) is 17.5 Å². The minimum atomic E-state index is 0.588. The highest BCUT2D eigenvalue weighted by molar-refractivity contribution is 6.14. The molecule has 3 heterocycles. The highest BCUT2D eigenvalue weighted by Crippen LogP contribution is 2.40. The van der Waals surface area contributed by atoms with Gasteiger partial charge in [-0.1, -0.05) is 170 Å². The van der Waals surface area contributed by atoms with E-state index in [1.54, 1.807) is 0 Å². The van der Waals surface area contributed by atoms with E-state index >= 15 is 0 Å². The van der Waals surface area contributed by atoms with E-state index in [4.69, 9.17) is 19.4 Å². The lowest BCUT2D eigenvalue weighted by atomic mass is 9.99. The van der Waals surface area contributed by atoms with Crippen LogP contribution in [-0.4, -0.2) is 19.5 Å². The van der Waals surface area contributed by atoms with Crippen LogP contribution in [0.4, 0.5) is 0 Å². The largest absolute Gasteiger partial charge is 0.456 e. The van der Waals surface area contributed by atoms with E-state index in [0.717, 1.165) is 72.1 Å². The molecule has 0 atom stereocenters. The summed E-state index contributed by atoms with van der Waals surface area (Å²) in [7, 11) is 0. The van der Waals surface area contributed by atoms with Gasteiger partial charge in [-0.3, -0.25) is 0 Å². The first-order valence-corrected chi connectivity index (χ1v) is 20.8. The molecule has 0 bridgehead atoms. The number of fused-ring (bicyclic) bond motifs is 6. The second kappa shape index (κ2) is 14.7. The van der Waals surface area contributed by atoms with Crippen LogP contribution >= 0.6 is 0 Å². The molecule has 0 unspecified atom stereocenters. The number of rotatable bonds is 7. The maximum atomic E-state index is 6.54. The lowest BCUT2D eigenvalue weighted by Gasteiger charge is -2.11. The molecule has 0 radical (unpaired) electrons. The predicted molar refractivity (Wildman–Crippen MR) is 254 cm³/mol. The van der Waals surface area contributed by atoms with Crippen LogP contribution in [-0.2, 0) is 0 Å². The van der Waals surface area contributed by atoms with E-state index in [1.807, 2.05) is 48.5 Å². The van der Waals surface area contributed by atoms with Crippen molar-refractivity contribution >= 4 is 43.7 Å². The van der Waals surface area contributed by atoms with Crippen LogP contribution in [0.1, 0.15) is 0 Å². The number of nitrogens with zero attached hydrogens (tertiary/aromatic N) is 4. The monoisotopic (exact) mass is 792 g/mol. The first kappa shape index (κ1) is 35.5. The van der Waals surface area contributed by atoms with Crippen molar-refractivity contribution in [2.75, 3.05) is 0 Å². The first-order valence-electron chi connectivity index (χ1n) is 20.8. The third kappa shape index (κ3) is 6.14. The second-order valence-corrected chi connectivity index (χ2v) is 15.6. The van der Waals surface area contributed by atoms with Crippen molar-refractivity contribution in [2.24, 2.45) is 0 Å². The molecule has 5 heteroatoms. The van der Waals surface area contributed by atoms with Gasteiger partial charge >= 0.3 is 0 Å². The average molecular weight is 793 g/mol. The van der Waals surface area contributed by atoms with E-state index in [9.17, 15) is 0 Å². The van der Waals surface area contributed by atoms with Gasteiger partial charge in [-0.25, -0.2) is 15.0 Å². The van der Waals surface area contributed by atoms with Crippen molar-refractivity contribution in [2.45, 2.75) is 0 Å². The standard InChI is InChI=1S/C57H36N4O/c1-4-14-37(15-5-1)39-26-28-41(29-27-39)56-58-55(40-18-8-3-9-19-40)59-57(60-56)47-23-13-25-53-54(47)49-36-44(31-33-52(49)62-53)43-30-32-51-48(35-43)46-22-10-11-24-50(46)61(51)45-21-12-20-42(34-45)38-16-6-2-7-17-38/h1-36H. The normalized spacial score (nSPS) is 11.5. The number of benzene rings is 9. The summed E-state index contributed by atoms with van der Waals surface area (Å²) in [6, 6.07) is 76.4. The molecule has 9 aromatic carbocycles. The third-order valence-corrected chi connectivity index (χ3v) is 11.9. The molecule has 12 rings (SSSR count). The summed E-state index contributed by atoms with van der Waals surface area (Å²) in [6.45, 7) is 0. The molecule has 12 aromatic rings. The molecule has 0 aliphatic heterocycles. The second-order valence-electron chi connectivity index (χ2n) is 15.6. The molecule has 0 spiro atoms. The Kier molecular flexibility index (Phi) is 8.42. The van der Waals surface area contributed by atoms with Crippen LogP contribution in [0.5, 0.6) is 0 Å². The molecule has 5 nitrogen and oxygen atoms in total. The van der Waals surface area contributed by atoms with Crippen LogP contribution in [0.3, 0.4) is 0 Å². The highest BCUT2D eigenvalue weighted by Gasteiger charge is 2.20. The molecule has 0 saturated heterocycles. The number of hydrogen-bond donors (Lipinski definition) is 0. The fraction of sp³-hybridized carbons (Fsp3) is 0. The smallest absolute Gasteiger partial charge is 0.164 e. The molecular formula is C57H36N4O. The van der Waals surface area contributed by atoms with E-state index in [0.29, 0.717) is 17.5 Å². The van der Waals surface area contributed by atoms with Gasteiger partial charge in [0.1, 0.15) is 11.2 Å². The van der Waals surface area contributed by atoms with Gasteiger partial charge in [-0.2, -0.15) is 0 Å². The summed E-state index contributed by atoms with van der Waals surface area (Å²) < 4.78 is 8.92. The maximum Gasteiger partial charge on any atom is 0.164 e. The summed E-state index contributed by atoms with van der Waals surface area (Å²) >= 11 is 0. The maximum absolute atomic E-state index is 6.54.